The number of carbonyl (C=O) groups is 2. The van der Waals surface area contributed by atoms with Crippen LogP contribution in [0.4, 0.5) is 0 Å². The van der Waals surface area contributed by atoms with Crippen LogP contribution in [-0.4, -0.2) is 97.9 Å². The van der Waals surface area contributed by atoms with Crippen molar-refractivity contribution >= 4 is 19.5 Å². The van der Waals surface area contributed by atoms with Crippen molar-refractivity contribution in [3.05, 3.63) is 0 Å². The van der Waals surface area contributed by atoms with Crippen molar-refractivity contribution in [3.8, 4) is 0 Å². The molecule has 1 aliphatic carbocycles. The second-order valence-corrected chi connectivity index (χ2v) is 8.14. The van der Waals surface area contributed by atoms with E-state index in [2.05, 4.69) is 0 Å². The van der Waals surface area contributed by atoms with E-state index < -0.39 is 68.4 Å². The summed E-state index contributed by atoms with van der Waals surface area (Å²) in [6.45, 7) is 1.87. The van der Waals surface area contributed by atoms with Gasteiger partial charge in [0.1, 0.15) is 49.3 Å². The maximum Gasteiger partial charge on any atom is 0.328 e. The van der Waals surface area contributed by atoms with Crippen molar-refractivity contribution in [2.24, 2.45) is 0 Å². The molecule has 0 aromatic rings. The van der Waals surface area contributed by atoms with Gasteiger partial charge in [0.25, 0.3) is 0 Å². The number of carbonyl (C=O) groups excluding carboxylic acids is 2. The summed E-state index contributed by atoms with van der Waals surface area (Å²) in [5.74, 6) is -1.36. The maximum atomic E-state index is 12.2. The number of rotatable bonds is 8. The molecule has 0 bridgehead atoms. The Labute approximate surface area is 154 Å². The predicted molar refractivity (Wildman–Crippen MR) is 86.4 cm³/mol. The van der Waals surface area contributed by atoms with Gasteiger partial charge >= 0.3 is 19.5 Å². The molecule has 0 heterocycles. The third-order valence-electron chi connectivity index (χ3n) is 3.90. The van der Waals surface area contributed by atoms with E-state index in [1.807, 2.05) is 0 Å². The Morgan fingerprint density at radius 2 is 1.41 bits per heavy atom. The van der Waals surface area contributed by atoms with E-state index in [-0.39, 0.29) is 13.0 Å². The lowest BCUT2D eigenvalue weighted by molar-refractivity contribution is -0.218. The Balaban J connectivity index is 2.73. The van der Waals surface area contributed by atoms with Gasteiger partial charge in [-0.3, -0.25) is 18.7 Å². The van der Waals surface area contributed by atoms with Crippen LogP contribution < -0.4 is 0 Å². The normalized spacial score (nSPS) is 34.4. The quantitative estimate of drug-likeness (QED) is 0.176. The highest BCUT2D eigenvalue weighted by Crippen LogP contribution is 2.46. The zero-order valence-electron chi connectivity index (χ0n) is 14.7. The van der Waals surface area contributed by atoms with Crippen molar-refractivity contribution in [1.82, 2.24) is 0 Å². The maximum absolute atomic E-state index is 12.2. The molecule has 1 aliphatic rings. The van der Waals surface area contributed by atoms with Crippen molar-refractivity contribution in [3.63, 3.8) is 0 Å². The topological polar surface area (TPSA) is 200 Å². The molecule has 0 amide bonds. The van der Waals surface area contributed by atoms with Gasteiger partial charge in [0.05, 0.1) is 6.16 Å². The number of aliphatic hydroxyl groups is 5. The summed E-state index contributed by atoms with van der Waals surface area (Å²) in [6, 6.07) is 0. The molecule has 0 spiro atoms. The van der Waals surface area contributed by atoms with Gasteiger partial charge in [-0.1, -0.05) is 0 Å². The number of esters is 2. The van der Waals surface area contributed by atoms with Crippen LogP contribution in [0, 0.1) is 0 Å². The summed E-state index contributed by atoms with van der Waals surface area (Å²) in [5, 5.41) is 48.4. The minimum atomic E-state index is -4.51. The van der Waals surface area contributed by atoms with Crippen LogP contribution in [-0.2, 0) is 28.2 Å². The molecule has 0 aromatic carbocycles. The van der Waals surface area contributed by atoms with Gasteiger partial charge < -0.3 is 39.9 Å². The Morgan fingerprint density at radius 1 is 0.926 bits per heavy atom. The van der Waals surface area contributed by atoms with Gasteiger partial charge in [0, 0.05) is 13.8 Å². The molecule has 0 aromatic heterocycles. The summed E-state index contributed by atoms with van der Waals surface area (Å²) in [4.78, 5) is 31.8. The lowest BCUT2D eigenvalue weighted by Gasteiger charge is -2.41. The number of hydrogen-bond acceptors (Lipinski definition) is 11. The van der Waals surface area contributed by atoms with Crippen molar-refractivity contribution in [2.45, 2.75) is 63.0 Å². The largest absolute Gasteiger partial charge is 0.462 e. The molecule has 1 fully saturated rings. The molecule has 1 rings (SSSR count). The van der Waals surface area contributed by atoms with E-state index in [1.54, 1.807) is 0 Å². The van der Waals surface area contributed by atoms with Crippen LogP contribution in [0.3, 0.4) is 0 Å². The van der Waals surface area contributed by atoms with Gasteiger partial charge in [0.2, 0.25) is 0 Å². The Bertz CT molecular complexity index is 552. The van der Waals surface area contributed by atoms with Crippen LogP contribution in [0.2, 0.25) is 0 Å². The fourth-order valence-corrected chi connectivity index (χ4v) is 3.84. The highest BCUT2D eigenvalue weighted by atomic mass is 31.2. The van der Waals surface area contributed by atoms with E-state index in [0.717, 1.165) is 13.8 Å². The lowest BCUT2D eigenvalue weighted by atomic mass is 9.85. The Morgan fingerprint density at radius 3 is 1.85 bits per heavy atom. The molecule has 1 saturated carbocycles. The first kappa shape index (κ1) is 23.9. The zero-order valence-corrected chi connectivity index (χ0v) is 15.6. The summed E-state index contributed by atoms with van der Waals surface area (Å²) in [7, 11) is -4.51. The molecule has 8 atom stereocenters. The van der Waals surface area contributed by atoms with Gasteiger partial charge in [0.15, 0.2) is 0 Å². The molecular weight excluding hydrogens is 391 g/mol. The van der Waals surface area contributed by atoms with E-state index in [1.165, 1.54) is 0 Å². The summed E-state index contributed by atoms with van der Waals surface area (Å²) < 4.78 is 26.6. The van der Waals surface area contributed by atoms with Crippen LogP contribution >= 0.6 is 7.60 Å². The second kappa shape index (κ2) is 9.89. The van der Waals surface area contributed by atoms with Gasteiger partial charge in [-0.05, 0) is 6.42 Å². The first-order chi connectivity index (χ1) is 12.4. The molecule has 0 radical (unpaired) electrons. The lowest BCUT2D eigenvalue weighted by Crippen LogP contribution is -2.64. The fraction of sp³-hybridized carbons (Fsp3) is 0.857. The van der Waals surface area contributed by atoms with Gasteiger partial charge in [-0.2, -0.15) is 0 Å². The predicted octanol–water partition coefficient (Wildman–Crippen LogP) is -2.74. The van der Waals surface area contributed by atoms with Crippen molar-refractivity contribution in [1.29, 1.82) is 0 Å². The number of aliphatic hydroxyl groups excluding tert-OH is 5. The van der Waals surface area contributed by atoms with E-state index in [4.69, 9.17) is 14.0 Å². The fourth-order valence-electron chi connectivity index (χ4n) is 2.49. The smallest absolute Gasteiger partial charge is 0.328 e. The van der Waals surface area contributed by atoms with E-state index >= 15 is 0 Å². The number of hydrogen-bond donors (Lipinski definition) is 6. The molecule has 0 saturated heterocycles. The number of ether oxygens (including phenoxy) is 2. The summed E-state index contributed by atoms with van der Waals surface area (Å²) in [6.07, 6.45) is -13.3. The summed E-state index contributed by atoms with van der Waals surface area (Å²) >= 11 is 0. The van der Waals surface area contributed by atoms with E-state index in [9.17, 15) is 44.6 Å². The molecule has 158 valence electrons. The zero-order chi connectivity index (χ0) is 20.9. The molecular formula is C14H25O12P. The molecule has 0 aliphatic heterocycles. The molecule has 2 unspecified atom stereocenters. The molecule has 27 heavy (non-hydrogen) atoms. The third-order valence-corrected chi connectivity index (χ3v) is 5.29. The molecule has 12 nitrogen and oxygen atoms in total. The van der Waals surface area contributed by atoms with Crippen molar-refractivity contribution < 1.29 is 58.6 Å². The van der Waals surface area contributed by atoms with Crippen LogP contribution in [0.5, 0.6) is 0 Å². The highest BCUT2D eigenvalue weighted by molar-refractivity contribution is 7.52. The standard InChI is InChI=1S/C14H25O12P/c1-6(15)24-5-8(25-7(2)16)3-4-27(22,23)26-14-12(20)10(18)9(17)11(19)13(14)21/h8-14,17-21H,3-5H2,1-2H3,(H,22,23)/t8?,9-,10-,11+,12-,13-,14-/m0/s1. The first-order valence-electron chi connectivity index (χ1n) is 8.07. The van der Waals surface area contributed by atoms with Crippen molar-refractivity contribution in [2.75, 3.05) is 12.8 Å². The Kier molecular flexibility index (Phi) is 8.77. The first-order valence-corrected chi connectivity index (χ1v) is 9.83. The third kappa shape index (κ3) is 7.09. The Hall–Kier alpha value is -1.11. The van der Waals surface area contributed by atoms with E-state index in [0.29, 0.717) is 0 Å². The van der Waals surface area contributed by atoms with Crippen LogP contribution in [0.15, 0.2) is 0 Å². The average Bonchev–Trinajstić information content (AvgIpc) is 2.57. The SMILES string of the molecule is CC(=O)OCC(CCP(=O)(O)O[C@@H]1[C@@H](O)[C@H](O)[C@@H](O)[C@H](O)[C@@H]1O)OC(C)=O. The average molecular weight is 416 g/mol. The monoisotopic (exact) mass is 416 g/mol. The minimum Gasteiger partial charge on any atom is -0.462 e. The van der Waals surface area contributed by atoms with Gasteiger partial charge in [-0.25, -0.2) is 0 Å². The molecule has 6 N–H and O–H groups in total. The summed E-state index contributed by atoms with van der Waals surface area (Å²) in [5.41, 5.74) is 0. The second-order valence-electron chi connectivity index (χ2n) is 6.21. The minimum absolute atomic E-state index is 0.257. The highest BCUT2D eigenvalue weighted by Gasteiger charge is 2.50. The van der Waals surface area contributed by atoms with Crippen LogP contribution in [0.1, 0.15) is 20.3 Å². The molecule has 13 heteroatoms. The van der Waals surface area contributed by atoms with Crippen LogP contribution in [0.25, 0.3) is 0 Å². The van der Waals surface area contributed by atoms with Gasteiger partial charge in [-0.15, -0.1) is 0 Å².